The molecule has 1 aromatic heterocycles. The first-order chi connectivity index (χ1) is 16.3. The number of hydrogen-bond acceptors (Lipinski definition) is 5. The van der Waals surface area contributed by atoms with Gasteiger partial charge in [0.15, 0.2) is 5.16 Å². The number of aromatic nitrogens is 2. The predicted octanol–water partition coefficient (Wildman–Crippen LogP) is 5.98. The van der Waals surface area contributed by atoms with Gasteiger partial charge in [-0.3, -0.25) is 14.2 Å². The summed E-state index contributed by atoms with van der Waals surface area (Å²) >= 11 is 19.1. The maximum Gasteiger partial charge on any atom is 0.266 e. The van der Waals surface area contributed by atoms with Crippen LogP contribution >= 0.6 is 46.6 Å². The lowest BCUT2D eigenvalue weighted by molar-refractivity contribution is -0.118. The number of nitrogens with one attached hydrogen (secondary N) is 1. The number of para-hydroxylation sites is 1. The van der Waals surface area contributed by atoms with Gasteiger partial charge in [0.05, 0.1) is 38.1 Å². The van der Waals surface area contributed by atoms with Crippen molar-refractivity contribution < 1.29 is 4.79 Å². The first-order valence-electron chi connectivity index (χ1n) is 10.0. The molecule has 1 N–H and O–H groups in total. The van der Waals surface area contributed by atoms with E-state index in [1.54, 1.807) is 67.6 Å². The predicted molar refractivity (Wildman–Crippen MR) is 140 cm³/mol. The van der Waals surface area contributed by atoms with E-state index in [9.17, 15) is 9.59 Å². The second-order valence-corrected chi connectivity index (χ2v) is 9.37. The molecule has 6 nitrogen and oxygen atoms in total. The van der Waals surface area contributed by atoms with Crippen LogP contribution in [0.4, 0.5) is 0 Å². The van der Waals surface area contributed by atoms with Crippen LogP contribution in [0.2, 0.25) is 15.1 Å². The van der Waals surface area contributed by atoms with E-state index in [1.165, 1.54) is 4.57 Å². The van der Waals surface area contributed by atoms with Crippen molar-refractivity contribution in [2.75, 3.05) is 5.75 Å². The molecule has 0 saturated carbocycles. The molecule has 0 radical (unpaired) electrons. The van der Waals surface area contributed by atoms with Crippen molar-refractivity contribution in [1.82, 2.24) is 15.0 Å². The van der Waals surface area contributed by atoms with Gasteiger partial charge in [0.1, 0.15) is 0 Å². The quantitative estimate of drug-likeness (QED) is 0.144. The summed E-state index contributed by atoms with van der Waals surface area (Å²) in [6.45, 7) is 1.75. The molecule has 4 rings (SSSR count). The number of thioether (sulfide) groups is 1. The van der Waals surface area contributed by atoms with Gasteiger partial charge < -0.3 is 0 Å². The van der Waals surface area contributed by atoms with Gasteiger partial charge in [0, 0.05) is 5.02 Å². The number of carbonyl (C=O) groups excluding carboxylic acids is 1. The molecule has 172 valence electrons. The maximum absolute atomic E-state index is 13.2. The number of amides is 1. The van der Waals surface area contributed by atoms with Crippen LogP contribution in [0.5, 0.6) is 0 Å². The zero-order chi connectivity index (χ0) is 24.2. The first-order valence-corrected chi connectivity index (χ1v) is 12.1. The lowest BCUT2D eigenvalue weighted by Crippen LogP contribution is -2.24. The van der Waals surface area contributed by atoms with Gasteiger partial charge in [-0.25, -0.2) is 10.4 Å². The van der Waals surface area contributed by atoms with E-state index in [4.69, 9.17) is 34.8 Å². The lowest BCUT2D eigenvalue weighted by atomic mass is 10.1. The number of nitrogens with zero attached hydrogens (tertiary/aromatic N) is 3. The maximum atomic E-state index is 13.2. The van der Waals surface area contributed by atoms with Crippen molar-refractivity contribution in [1.29, 1.82) is 0 Å². The monoisotopic (exact) mass is 530 g/mol. The minimum absolute atomic E-state index is 0.00345. The number of halogens is 3. The van der Waals surface area contributed by atoms with Crippen LogP contribution < -0.4 is 11.0 Å². The fourth-order valence-corrected chi connectivity index (χ4v) is 4.35. The Balaban J connectivity index is 1.57. The molecule has 0 aliphatic carbocycles. The molecule has 1 heterocycles. The van der Waals surface area contributed by atoms with Gasteiger partial charge >= 0.3 is 0 Å². The highest BCUT2D eigenvalue weighted by molar-refractivity contribution is 7.99. The smallest absolute Gasteiger partial charge is 0.266 e. The average molecular weight is 532 g/mol. The summed E-state index contributed by atoms with van der Waals surface area (Å²) in [7, 11) is 0. The normalized spacial score (nSPS) is 11.6. The van der Waals surface area contributed by atoms with Gasteiger partial charge in [-0.05, 0) is 61.0 Å². The zero-order valence-corrected chi connectivity index (χ0v) is 20.8. The molecule has 34 heavy (non-hydrogen) atoms. The Labute approximate surface area is 214 Å². The van der Waals surface area contributed by atoms with Crippen LogP contribution in [0.15, 0.2) is 81.8 Å². The van der Waals surface area contributed by atoms with Crippen molar-refractivity contribution in [3.05, 3.63) is 97.7 Å². The van der Waals surface area contributed by atoms with Gasteiger partial charge in [0.2, 0.25) is 0 Å². The van der Waals surface area contributed by atoms with Crippen LogP contribution in [0.25, 0.3) is 16.6 Å². The highest BCUT2D eigenvalue weighted by atomic mass is 35.5. The number of hydrazone groups is 1. The molecule has 4 aromatic rings. The molecular weight excluding hydrogens is 515 g/mol. The molecular formula is C24H17Cl3N4O2S. The number of fused-ring (bicyclic) bond motifs is 1. The third-order valence-corrected chi connectivity index (χ3v) is 6.78. The van der Waals surface area contributed by atoms with Gasteiger partial charge in [0.25, 0.3) is 11.5 Å². The zero-order valence-electron chi connectivity index (χ0n) is 17.8. The average Bonchev–Trinajstić information content (AvgIpc) is 2.84. The molecule has 0 atom stereocenters. The largest absolute Gasteiger partial charge is 0.272 e. The first kappa shape index (κ1) is 24.3. The summed E-state index contributed by atoms with van der Waals surface area (Å²) in [6, 6.07) is 19.0. The third-order valence-electron chi connectivity index (χ3n) is 4.85. The van der Waals surface area contributed by atoms with Crippen LogP contribution in [0.1, 0.15) is 12.5 Å². The van der Waals surface area contributed by atoms with E-state index in [2.05, 4.69) is 15.5 Å². The standard InChI is InChI=1S/C24H17Cl3N4O2S/c1-14(15-6-11-19(26)20(27)12-15)29-30-22(32)13-34-24-28-21-5-3-2-4-18(21)23(33)31(24)17-9-7-16(25)8-10-17/h2-12H,13H2,1H3,(H,30,32)/b29-14+. The fraction of sp³-hybridized carbons (Fsp3) is 0.0833. The van der Waals surface area contributed by atoms with E-state index < -0.39 is 0 Å². The number of carbonyl (C=O) groups is 1. The van der Waals surface area contributed by atoms with Crippen LogP contribution in [-0.2, 0) is 4.79 Å². The topological polar surface area (TPSA) is 76.3 Å². The Hall–Kier alpha value is -2.84. The molecule has 1 amide bonds. The number of benzene rings is 3. The summed E-state index contributed by atoms with van der Waals surface area (Å²) in [6.07, 6.45) is 0. The molecule has 0 aliphatic heterocycles. The molecule has 0 aliphatic rings. The van der Waals surface area contributed by atoms with E-state index in [-0.39, 0.29) is 17.2 Å². The summed E-state index contributed by atoms with van der Waals surface area (Å²) in [5.74, 6) is -0.356. The van der Waals surface area contributed by atoms with Gasteiger partial charge in [-0.15, -0.1) is 0 Å². The Morgan fingerprint density at radius 1 is 1.03 bits per heavy atom. The highest BCUT2D eigenvalue weighted by Gasteiger charge is 2.15. The summed E-state index contributed by atoms with van der Waals surface area (Å²) in [5.41, 5.74) is 4.74. The summed E-state index contributed by atoms with van der Waals surface area (Å²) in [4.78, 5) is 30.3. The van der Waals surface area contributed by atoms with Gasteiger partial charge in [-0.1, -0.05) is 64.8 Å². The van der Waals surface area contributed by atoms with E-state index in [0.717, 1.165) is 17.3 Å². The van der Waals surface area contributed by atoms with Crippen molar-refractivity contribution in [2.45, 2.75) is 12.1 Å². The lowest BCUT2D eigenvalue weighted by Gasteiger charge is -2.13. The van der Waals surface area contributed by atoms with Crippen LogP contribution in [0, 0.1) is 0 Å². The molecule has 0 bridgehead atoms. The second kappa shape index (κ2) is 10.6. The van der Waals surface area contributed by atoms with Crippen LogP contribution in [0.3, 0.4) is 0 Å². The number of hydrogen-bond donors (Lipinski definition) is 1. The third kappa shape index (κ3) is 5.45. The van der Waals surface area contributed by atoms with Crippen LogP contribution in [-0.4, -0.2) is 26.9 Å². The molecule has 0 spiro atoms. The minimum Gasteiger partial charge on any atom is -0.272 e. The van der Waals surface area contributed by atoms with Crippen molar-refractivity contribution >= 4 is 69.1 Å². The van der Waals surface area contributed by atoms with Crippen molar-refractivity contribution in [2.24, 2.45) is 5.10 Å². The Bertz CT molecular complexity index is 1470. The second-order valence-electron chi connectivity index (χ2n) is 7.18. The SMILES string of the molecule is C/C(=N\NC(=O)CSc1nc2ccccc2c(=O)n1-c1ccc(Cl)cc1)c1ccc(Cl)c(Cl)c1. The number of rotatable bonds is 6. The van der Waals surface area contributed by atoms with E-state index in [0.29, 0.717) is 42.5 Å². The molecule has 0 unspecified atom stereocenters. The molecule has 0 saturated heterocycles. The van der Waals surface area contributed by atoms with Crippen molar-refractivity contribution in [3.63, 3.8) is 0 Å². The minimum atomic E-state index is -0.352. The Morgan fingerprint density at radius 3 is 2.50 bits per heavy atom. The Kier molecular flexibility index (Phi) is 7.58. The molecule has 10 heteroatoms. The van der Waals surface area contributed by atoms with E-state index in [1.807, 2.05) is 6.07 Å². The molecule has 3 aromatic carbocycles. The fourth-order valence-electron chi connectivity index (χ4n) is 3.12. The highest BCUT2D eigenvalue weighted by Crippen LogP contribution is 2.24. The Morgan fingerprint density at radius 2 is 1.76 bits per heavy atom. The van der Waals surface area contributed by atoms with E-state index >= 15 is 0 Å². The van der Waals surface area contributed by atoms with Gasteiger partial charge in [-0.2, -0.15) is 5.10 Å². The summed E-state index contributed by atoms with van der Waals surface area (Å²) in [5, 5.41) is 6.38. The van der Waals surface area contributed by atoms with Crippen molar-refractivity contribution in [3.8, 4) is 5.69 Å². The molecule has 0 fully saturated rings. The summed E-state index contributed by atoms with van der Waals surface area (Å²) < 4.78 is 1.47.